The number of amides is 1. The number of aromatic nitrogens is 3. The van der Waals surface area contributed by atoms with Crippen LogP contribution in [-0.4, -0.2) is 26.8 Å². The number of aryl methyl sites for hydroxylation is 1. The van der Waals surface area contributed by atoms with E-state index in [0.29, 0.717) is 11.3 Å². The Hall–Kier alpha value is -2.66. The van der Waals surface area contributed by atoms with Crippen LogP contribution >= 0.6 is 11.8 Å². The molecule has 7 nitrogen and oxygen atoms in total. The Morgan fingerprint density at radius 1 is 1.48 bits per heavy atom. The fraction of sp³-hybridized carbons (Fsp3) is 0.154. The van der Waals surface area contributed by atoms with Crippen LogP contribution in [0.2, 0.25) is 0 Å². The summed E-state index contributed by atoms with van der Waals surface area (Å²) in [5.74, 6) is -0.192. The number of hydrogen-bond acceptors (Lipinski definition) is 6. The van der Waals surface area contributed by atoms with Gasteiger partial charge in [0.05, 0.1) is 17.4 Å². The molecule has 1 aromatic carbocycles. The molecule has 21 heavy (non-hydrogen) atoms. The number of anilines is 1. The second-order valence-corrected chi connectivity index (χ2v) is 5.04. The molecule has 2 aromatic rings. The van der Waals surface area contributed by atoms with Crippen LogP contribution in [0.25, 0.3) is 0 Å². The van der Waals surface area contributed by atoms with Crippen molar-refractivity contribution >= 4 is 23.4 Å². The van der Waals surface area contributed by atoms with Crippen LogP contribution in [-0.2, 0) is 4.79 Å². The van der Waals surface area contributed by atoms with Crippen molar-refractivity contribution in [3.8, 4) is 6.07 Å². The van der Waals surface area contributed by atoms with Crippen LogP contribution in [0.3, 0.4) is 0 Å². The highest BCUT2D eigenvalue weighted by atomic mass is 32.2. The molecule has 0 saturated heterocycles. The molecule has 1 heterocycles. The Kier molecular flexibility index (Phi) is 4.68. The maximum Gasteiger partial charge on any atom is 0.273 e. The van der Waals surface area contributed by atoms with Crippen LogP contribution in [0.4, 0.5) is 5.69 Å². The summed E-state index contributed by atoms with van der Waals surface area (Å²) in [5, 5.41) is 19.2. The molecule has 0 aliphatic carbocycles. The van der Waals surface area contributed by atoms with E-state index in [-0.39, 0.29) is 28.1 Å². The molecule has 0 saturated carbocycles. The molecule has 8 heteroatoms. The summed E-state index contributed by atoms with van der Waals surface area (Å²) in [5.41, 5.74) is 0.962. The highest BCUT2D eigenvalue weighted by molar-refractivity contribution is 7.99. The third-order valence-corrected chi connectivity index (χ3v) is 3.32. The number of carbonyl (C=O) groups excluding carboxylic acids is 1. The van der Waals surface area contributed by atoms with Gasteiger partial charge in [0.1, 0.15) is 5.69 Å². The van der Waals surface area contributed by atoms with Gasteiger partial charge in [-0.15, -0.1) is 10.2 Å². The molecular weight excluding hydrogens is 290 g/mol. The number of carbonyl (C=O) groups is 1. The van der Waals surface area contributed by atoms with Crippen LogP contribution in [0.1, 0.15) is 11.3 Å². The van der Waals surface area contributed by atoms with Gasteiger partial charge in [-0.25, -0.2) is 0 Å². The van der Waals surface area contributed by atoms with E-state index in [0.717, 1.165) is 11.8 Å². The van der Waals surface area contributed by atoms with E-state index in [2.05, 4.69) is 20.5 Å². The molecule has 0 bridgehead atoms. The van der Waals surface area contributed by atoms with Crippen LogP contribution in [0, 0.1) is 18.3 Å². The van der Waals surface area contributed by atoms with E-state index in [1.54, 1.807) is 31.2 Å². The summed E-state index contributed by atoms with van der Waals surface area (Å²) in [6.07, 6.45) is 0. The first-order valence-corrected chi connectivity index (χ1v) is 6.93. The number of nitrogens with zero attached hydrogens (tertiary/aromatic N) is 3. The first kappa shape index (κ1) is 14.7. The lowest BCUT2D eigenvalue weighted by molar-refractivity contribution is -0.113. The number of hydrogen-bond donors (Lipinski definition) is 2. The van der Waals surface area contributed by atoms with Gasteiger partial charge in [-0.05, 0) is 25.1 Å². The van der Waals surface area contributed by atoms with Crippen LogP contribution in [0.15, 0.2) is 34.2 Å². The topological polar surface area (TPSA) is 112 Å². The van der Waals surface area contributed by atoms with Crippen molar-refractivity contribution < 1.29 is 4.79 Å². The van der Waals surface area contributed by atoms with Crippen molar-refractivity contribution in [2.75, 3.05) is 11.1 Å². The molecular formula is C13H11N5O2S. The van der Waals surface area contributed by atoms with Gasteiger partial charge in [0.2, 0.25) is 5.91 Å². The Bertz CT molecular complexity index is 766. The number of rotatable bonds is 4. The summed E-state index contributed by atoms with van der Waals surface area (Å²) < 4.78 is 0. The van der Waals surface area contributed by atoms with Gasteiger partial charge in [-0.3, -0.25) is 14.6 Å². The summed E-state index contributed by atoms with van der Waals surface area (Å²) in [4.78, 5) is 25.6. The summed E-state index contributed by atoms with van der Waals surface area (Å²) in [7, 11) is 0. The number of benzene rings is 1. The number of H-pyrrole nitrogens is 1. The minimum absolute atomic E-state index is 0.0739. The number of nitriles is 1. The first-order chi connectivity index (χ1) is 10.1. The van der Waals surface area contributed by atoms with Crippen molar-refractivity contribution in [2.24, 2.45) is 0 Å². The van der Waals surface area contributed by atoms with Crippen molar-refractivity contribution in [2.45, 2.75) is 12.1 Å². The second-order valence-electron chi connectivity index (χ2n) is 4.07. The normalized spacial score (nSPS) is 9.90. The fourth-order valence-electron chi connectivity index (χ4n) is 1.44. The zero-order valence-electron chi connectivity index (χ0n) is 11.1. The number of aromatic amines is 1. The predicted octanol–water partition coefficient (Wildman–Crippen LogP) is 1.08. The van der Waals surface area contributed by atoms with Gasteiger partial charge in [-0.1, -0.05) is 17.8 Å². The second kappa shape index (κ2) is 6.67. The summed E-state index contributed by atoms with van der Waals surface area (Å²) in [6.45, 7) is 1.55. The van der Waals surface area contributed by atoms with Gasteiger partial charge in [0, 0.05) is 5.69 Å². The van der Waals surface area contributed by atoms with Crippen LogP contribution < -0.4 is 10.9 Å². The SMILES string of the molecule is Cc1nnc(SCC(=O)Nc2cccc(C#N)c2)[nH]c1=O. The largest absolute Gasteiger partial charge is 0.325 e. The van der Waals surface area contributed by atoms with E-state index in [9.17, 15) is 9.59 Å². The Morgan fingerprint density at radius 2 is 2.29 bits per heavy atom. The van der Waals surface area contributed by atoms with E-state index in [1.165, 1.54) is 0 Å². The molecule has 1 amide bonds. The predicted molar refractivity (Wildman–Crippen MR) is 77.9 cm³/mol. The molecule has 2 N–H and O–H groups in total. The quantitative estimate of drug-likeness (QED) is 0.817. The number of nitrogens with one attached hydrogen (secondary N) is 2. The van der Waals surface area contributed by atoms with E-state index < -0.39 is 0 Å². The molecule has 2 rings (SSSR count). The average molecular weight is 301 g/mol. The fourth-order valence-corrected chi connectivity index (χ4v) is 2.04. The molecule has 0 radical (unpaired) electrons. The number of thioether (sulfide) groups is 1. The van der Waals surface area contributed by atoms with Gasteiger partial charge in [0.25, 0.3) is 5.56 Å². The van der Waals surface area contributed by atoms with Crippen molar-refractivity contribution in [1.29, 1.82) is 5.26 Å². The summed E-state index contributed by atoms with van der Waals surface area (Å²) in [6, 6.07) is 8.60. The van der Waals surface area contributed by atoms with Gasteiger partial charge < -0.3 is 5.32 Å². The lowest BCUT2D eigenvalue weighted by Gasteiger charge is -2.04. The molecule has 0 aliphatic rings. The molecule has 0 atom stereocenters. The van der Waals surface area contributed by atoms with Crippen molar-refractivity contribution in [3.63, 3.8) is 0 Å². The zero-order chi connectivity index (χ0) is 15.2. The monoisotopic (exact) mass is 301 g/mol. The molecule has 1 aromatic heterocycles. The first-order valence-electron chi connectivity index (χ1n) is 5.95. The molecule has 0 fully saturated rings. The van der Waals surface area contributed by atoms with E-state index in [1.807, 2.05) is 6.07 Å². The minimum Gasteiger partial charge on any atom is -0.325 e. The maximum atomic E-state index is 11.8. The van der Waals surface area contributed by atoms with Crippen molar-refractivity contribution in [1.82, 2.24) is 15.2 Å². The van der Waals surface area contributed by atoms with Gasteiger partial charge in [-0.2, -0.15) is 5.26 Å². The standard InChI is InChI=1S/C13H11N5O2S/c1-8-12(20)16-13(18-17-8)21-7-11(19)15-10-4-2-3-9(5-10)6-14/h2-5H,7H2,1H3,(H,15,19)(H,16,18,20). The zero-order valence-corrected chi connectivity index (χ0v) is 11.9. The maximum absolute atomic E-state index is 11.8. The molecule has 106 valence electrons. The highest BCUT2D eigenvalue weighted by Crippen LogP contribution is 2.13. The van der Waals surface area contributed by atoms with Gasteiger partial charge in [0.15, 0.2) is 5.16 Å². The molecule has 0 spiro atoms. The highest BCUT2D eigenvalue weighted by Gasteiger charge is 2.07. The van der Waals surface area contributed by atoms with Crippen molar-refractivity contribution in [3.05, 3.63) is 45.9 Å². The lowest BCUT2D eigenvalue weighted by atomic mass is 10.2. The van der Waals surface area contributed by atoms with Crippen LogP contribution in [0.5, 0.6) is 0 Å². The third-order valence-electron chi connectivity index (χ3n) is 2.46. The molecule has 0 unspecified atom stereocenters. The Morgan fingerprint density at radius 3 is 3.00 bits per heavy atom. The Balaban J connectivity index is 1.94. The smallest absolute Gasteiger partial charge is 0.273 e. The molecule has 0 aliphatic heterocycles. The minimum atomic E-state index is -0.324. The Labute approximate surface area is 124 Å². The van der Waals surface area contributed by atoms with E-state index >= 15 is 0 Å². The average Bonchev–Trinajstić information content (AvgIpc) is 2.48. The summed E-state index contributed by atoms with van der Waals surface area (Å²) >= 11 is 1.07. The van der Waals surface area contributed by atoms with Gasteiger partial charge >= 0.3 is 0 Å². The lowest BCUT2D eigenvalue weighted by Crippen LogP contribution is -2.17. The van der Waals surface area contributed by atoms with E-state index in [4.69, 9.17) is 5.26 Å². The third kappa shape index (κ3) is 4.15.